The van der Waals surface area contributed by atoms with E-state index in [2.05, 4.69) is 12.2 Å². The van der Waals surface area contributed by atoms with Crippen LogP contribution in [0.4, 0.5) is 0 Å². The van der Waals surface area contributed by atoms with Gasteiger partial charge in [-0.3, -0.25) is 4.79 Å². The molecule has 0 unspecified atom stereocenters. The van der Waals surface area contributed by atoms with Crippen molar-refractivity contribution in [3.05, 3.63) is 0 Å². The van der Waals surface area contributed by atoms with Crippen LogP contribution in [0.25, 0.3) is 0 Å². The van der Waals surface area contributed by atoms with Gasteiger partial charge < -0.3 is 10.1 Å². The van der Waals surface area contributed by atoms with Crippen LogP contribution in [0, 0.1) is 5.92 Å². The van der Waals surface area contributed by atoms with E-state index in [4.69, 9.17) is 4.74 Å². The van der Waals surface area contributed by atoms with Crippen LogP contribution in [0.1, 0.15) is 59.8 Å². The molecule has 0 bridgehead atoms. The van der Waals surface area contributed by atoms with Gasteiger partial charge in [0.2, 0.25) is 0 Å². The first-order valence-electron chi connectivity index (χ1n) is 6.84. The summed E-state index contributed by atoms with van der Waals surface area (Å²) in [6, 6.07) is 0.589. The van der Waals surface area contributed by atoms with E-state index >= 15 is 0 Å². The molecule has 1 aliphatic carbocycles. The summed E-state index contributed by atoms with van der Waals surface area (Å²) >= 11 is 0. The van der Waals surface area contributed by atoms with Gasteiger partial charge in [-0.1, -0.05) is 19.8 Å². The number of hydrogen-bond acceptors (Lipinski definition) is 3. The minimum Gasteiger partial charge on any atom is -0.460 e. The normalized spacial score (nSPS) is 25.6. The van der Waals surface area contributed by atoms with E-state index in [-0.39, 0.29) is 11.6 Å². The standard InChI is InChI=1S/C14H27NO2/c1-11-7-5-6-8-12(11)15-10-9-13(16)17-14(2,3)4/h11-12,15H,5-10H2,1-4H3/t11-,12+/m0/s1. The van der Waals surface area contributed by atoms with Crippen LogP contribution in [0.15, 0.2) is 0 Å². The Morgan fingerprint density at radius 1 is 1.29 bits per heavy atom. The third-order valence-corrected chi connectivity index (χ3v) is 3.27. The van der Waals surface area contributed by atoms with Gasteiger partial charge in [-0.25, -0.2) is 0 Å². The van der Waals surface area contributed by atoms with Crippen LogP contribution in [0.5, 0.6) is 0 Å². The average molecular weight is 241 g/mol. The highest BCUT2D eigenvalue weighted by atomic mass is 16.6. The molecule has 3 nitrogen and oxygen atoms in total. The first-order chi connectivity index (χ1) is 7.88. The Hall–Kier alpha value is -0.570. The van der Waals surface area contributed by atoms with E-state index < -0.39 is 0 Å². The van der Waals surface area contributed by atoms with Gasteiger partial charge in [0, 0.05) is 12.6 Å². The van der Waals surface area contributed by atoms with Gasteiger partial charge >= 0.3 is 5.97 Å². The molecule has 0 aromatic rings. The van der Waals surface area contributed by atoms with Crippen LogP contribution >= 0.6 is 0 Å². The zero-order valence-electron chi connectivity index (χ0n) is 11.7. The van der Waals surface area contributed by atoms with E-state index in [1.165, 1.54) is 25.7 Å². The molecule has 0 saturated heterocycles. The maximum absolute atomic E-state index is 11.5. The highest BCUT2D eigenvalue weighted by Gasteiger charge is 2.21. The molecule has 0 spiro atoms. The van der Waals surface area contributed by atoms with Crippen molar-refractivity contribution in [2.45, 2.75) is 71.4 Å². The van der Waals surface area contributed by atoms with Gasteiger partial charge in [0.15, 0.2) is 0 Å². The Morgan fingerprint density at radius 2 is 1.94 bits per heavy atom. The van der Waals surface area contributed by atoms with Gasteiger partial charge in [-0.2, -0.15) is 0 Å². The fraction of sp³-hybridized carbons (Fsp3) is 0.929. The Morgan fingerprint density at radius 3 is 2.53 bits per heavy atom. The molecule has 0 aromatic carbocycles. The number of ether oxygens (including phenoxy) is 1. The lowest BCUT2D eigenvalue weighted by Gasteiger charge is -2.29. The number of carbonyl (C=O) groups excluding carboxylic acids is 1. The third-order valence-electron chi connectivity index (χ3n) is 3.27. The Bertz CT molecular complexity index is 245. The molecule has 0 aromatic heterocycles. The number of nitrogens with one attached hydrogen (secondary N) is 1. The molecule has 1 aliphatic rings. The summed E-state index contributed by atoms with van der Waals surface area (Å²) in [6.45, 7) is 8.75. The highest BCUT2D eigenvalue weighted by molar-refractivity contribution is 5.70. The fourth-order valence-electron chi connectivity index (χ4n) is 2.37. The van der Waals surface area contributed by atoms with Crippen molar-refractivity contribution in [3.63, 3.8) is 0 Å². The van der Waals surface area contributed by atoms with E-state index in [0.717, 1.165) is 12.5 Å². The van der Waals surface area contributed by atoms with Gasteiger partial charge in [-0.05, 0) is 39.5 Å². The first-order valence-corrected chi connectivity index (χ1v) is 6.84. The predicted molar refractivity (Wildman–Crippen MR) is 69.9 cm³/mol. The topological polar surface area (TPSA) is 38.3 Å². The van der Waals surface area contributed by atoms with Crippen LogP contribution in [0.2, 0.25) is 0 Å². The van der Waals surface area contributed by atoms with Crippen molar-refractivity contribution in [3.8, 4) is 0 Å². The van der Waals surface area contributed by atoms with Crippen molar-refractivity contribution in [2.75, 3.05) is 6.54 Å². The van der Waals surface area contributed by atoms with Gasteiger partial charge in [-0.15, -0.1) is 0 Å². The maximum atomic E-state index is 11.5. The summed E-state index contributed by atoms with van der Waals surface area (Å²) in [5.41, 5.74) is -0.366. The highest BCUT2D eigenvalue weighted by Crippen LogP contribution is 2.23. The van der Waals surface area contributed by atoms with Crippen molar-refractivity contribution in [1.29, 1.82) is 0 Å². The Kier molecular flexibility index (Phi) is 5.44. The third kappa shape index (κ3) is 6.06. The lowest BCUT2D eigenvalue weighted by Crippen LogP contribution is -2.38. The van der Waals surface area contributed by atoms with Gasteiger partial charge in [0.1, 0.15) is 5.60 Å². The van der Waals surface area contributed by atoms with Crippen molar-refractivity contribution in [2.24, 2.45) is 5.92 Å². The van der Waals surface area contributed by atoms with Crippen molar-refractivity contribution >= 4 is 5.97 Å². The molecule has 1 N–H and O–H groups in total. The smallest absolute Gasteiger partial charge is 0.307 e. The van der Waals surface area contributed by atoms with E-state index in [1.54, 1.807) is 0 Å². The minimum atomic E-state index is -0.366. The lowest BCUT2D eigenvalue weighted by molar-refractivity contribution is -0.154. The van der Waals surface area contributed by atoms with E-state index in [9.17, 15) is 4.79 Å². The summed E-state index contributed by atoms with van der Waals surface area (Å²) in [5.74, 6) is 0.635. The van der Waals surface area contributed by atoms with Crippen LogP contribution in [0.3, 0.4) is 0 Å². The second kappa shape index (κ2) is 6.39. The molecule has 1 rings (SSSR count). The molecule has 0 radical (unpaired) electrons. The van der Waals surface area contributed by atoms with E-state index in [0.29, 0.717) is 12.5 Å². The van der Waals surface area contributed by atoms with E-state index in [1.807, 2.05) is 20.8 Å². The number of hydrogen-bond donors (Lipinski definition) is 1. The maximum Gasteiger partial charge on any atom is 0.307 e. The molecule has 1 saturated carbocycles. The van der Waals surface area contributed by atoms with Crippen LogP contribution in [-0.2, 0) is 9.53 Å². The van der Waals surface area contributed by atoms with Gasteiger partial charge in [0.05, 0.1) is 6.42 Å². The summed E-state index contributed by atoms with van der Waals surface area (Å²) in [5, 5.41) is 3.49. The van der Waals surface area contributed by atoms with Gasteiger partial charge in [0.25, 0.3) is 0 Å². The first kappa shape index (κ1) is 14.5. The zero-order chi connectivity index (χ0) is 12.9. The summed E-state index contributed by atoms with van der Waals surface area (Å²) in [4.78, 5) is 11.5. The summed E-state index contributed by atoms with van der Waals surface area (Å²) in [7, 11) is 0. The monoisotopic (exact) mass is 241 g/mol. The SMILES string of the molecule is C[C@H]1CCCC[C@H]1NCCC(=O)OC(C)(C)C. The Balaban J connectivity index is 2.16. The molecular formula is C14H27NO2. The fourth-order valence-corrected chi connectivity index (χ4v) is 2.37. The summed E-state index contributed by atoms with van der Waals surface area (Å²) in [6.07, 6.45) is 5.69. The molecule has 17 heavy (non-hydrogen) atoms. The quantitative estimate of drug-likeness (QED) is 0.769. The molecule has 100 valence electrons. The molecular weight excluding hydrogens is 214 g/mol. The largest absolute Gasteiger partial charge is 0.460 e. The lowest BCUT2D eigenvalue weighted by atomic mass is 9.86. The molecule has 3 heteroatoms. The van der Waals surface area contributed by atoms with Crippen LogP contribution in [-0.4, -0.2) is 24.2 Å². The zero-order valence-corrected chi connectivity index (χ0v) is 11.7. The second-order valence-corrected chi connectivity index (χ2v) is 6.16. The number of esters is 1. The molecule has 0 heterocycles. The molecule has 2 atom stereocenters. The molecule has 0 aliphatic heterocycles. The second-order valence-electron chi connectivity index (χ2n) is 6.16. The number of carbonyl (C=O) groups is 1. The van der Waals surface area contributed by atoms with Crippen LogP contribution < -0.4 is 5.32 Å². The minimum absolute atomic E-state index is 0.103. The number of rotatable bonds is 4. The Labute approximate surface area is 105 Å². The predicted octanol–water partition coefficient (Wildman–Crippen LogP) is 2.89. The average Bonchev–Trinajstić information content (AvgIpc) is 2.18. The summed E-state index contributed by atoms with van der Waals surface area (Å²) < 4.78 is 5.28. The van der Waals surface area contributed by atoms with Crippen molar-refractivity contribution in [1.82, 2.24) is 5.32 Å². The molecule has 0 amide bonds. The molecule has 1 fully saturated rings. The van der Waals surface area contributed by atoms with Crippen molar-refractivity contribution < 1.29 is 9.53 Å².